The number of oxime groups is 1. The Kier molecular flexibility index (Phi) is 4.19. The molecular formula is C19H23BrN2O4. The van der Waals surface area contributed by atoms with Gasteiger partial charge < -0.3 is 24.7 Å². The summed E-state index contributed by atoms with van der Waals surface area (Å²) in [5, 5.41) is 24.1. The Labute approximate surface area is 161 Å². The van der Waals surface area contributed by atoms with E-state index in [0.717, 1.165) is 35.0 Å². The highest BCUT2D eigenvalue weighted by molar-refractivity contribution is 9.10. The monoisotopic (exact) mass is 422 g/mol. The Morgan fingerprint density at radius 1 is 1.35 bits per heavy atom. The molecule has 0 amide bonds. The van der Waals surface area contributed by atoms with Gasteiger partial charge in [-0.05, 0) is 44.1 Å². The number of phenolic OH excluding ortho intramolecular Hbond substituents is 1. The highest BCUT2D eigenvalue weighted by Crippen LogP contribution is 2.59. The van der Waals surface area contributed by atoms with E-state index in [1.165, 1.54) is 0 Å². The van der Waals surface area contributed by atoms with E-state index in [4.69, 9.17) is 9.47 Å². The first-order valence-electron chi connectivity index (χ1n) is 8.73. The molecule has 7 heteroatoms. The van der Waals surface area contributed by atoms with Crippen LogP contribution in [0, 0.1) is 5.92 Å². The van der Waals surface area contributed by atoms with Crippen LogP contribution in [0.15, 0.2) is 27.5 Å². The number of hydrogen-bond donors (Lipinski definition) is 2. The van der Waals surface area contributed by atoms with Crippen LogP contribution in [0.2, 0.25) is 0 Å². The van der Waals surface area contributed by atoms with Crippen LogP contribution in [0.3, 0.4) is 0 Å². The smallest absolute Gasteiger partial charge is 0.161 e. The number of halogens is 1. The second-order valence-electron chi connectivity index (χ2n) is 7.41. The zero-order valence-electron chi connectivity index (χ0n) is 15.1. The minimum absolute atomic E-state index is 0.166. The molecule has 0 radical (unpaired) electrons. The number of allylic oxidation sites excluding steroid dienone is 1. The Hall–Kier alpha value is -1.73. The van der Waals surface area contributed by atoms with Gasteiger partial charge in [0.15, 0.2) is 11.5 Å². The molecule has 26 heavy (non-hydrogen) atoms. The number of ether oxygens (including phenoxy) is 2. The summed E-state index contributed by atoms with van der Waals surface area (Å²) in [5.74, 6) is 1.45. The number of aromatic hydroxyl groups is 1. The van der Waals surface area contributed by atoms with Crippen molar-refractivity contribution in [1.29, 1.82) is 0 Å². The van der Waals surface area contributed by atoms with E-state index >= 15 is 0 Å². The highest BCUT2D eigenvalue weighted by atomic mass is 79.9. The second-order valence-corrected chi connectivity index (χ2v) is 8.26. The zero-order valence-corrected chi connectivity index (χ0v) is 16.7. The molecule has 2 bridgehead atoms. The first kappa shape index (κ1) is 17.7. The molecule has 1 saturated heterocycles. The van der Waals surface area contributed by atoms with E-state index in [9.17, 15) is 10.3 Å². The first-order valence-corrected chi connectivity index (χ1v) is 9.52. The number of fused-ring (bicyclic) bond motifs is 1. The molecule has 0 aromatic heterocycles. The molecule has 1 fully saturated rings. The molecule has 1 aromatic carbocycles. The standard InChI is InChI=1S/C19H23BrN2O4/c1-22-5-4-19-9-13(21-24)15(25-2)7-11(19)14(22)6-10-12(20)8-16(26-3)18(23)17(10)19/h7-8,11,14,23-24H,4-6,9H2,1-3H3/b21-13+/t11-,14+,19-/m0/s1. The summed E-state index contributed by atoms with van der Waals surface area (Å²) < 4.78 is 11.8. The van der Waals surface area contributed by atoms with Crippen molar-refractivity contribution in [1.82, 2.24) is 4.90 Å². The second kappa shape index (κ2) is 6.16. The largest absolute Gasteiger partial charge is 0.504 e. The van der Waals surface area contributed by atoms with E-state index in [1.807, 2.05) is 6.07 Å². The van der Waals surface area contributed by atoms with Crippen molar-refractivity contribution in [3.8, 4) is 11.5 Å². The predicted octanol–water partition coefficient (Wildman–Crippen LogP) is 3.04. The maximum absolute atomic E-state index is 11.0. The third-order valence-electron chi connectivity index (χ3n) is 6.42. The summed E-state index contributed by atoms with van der Waals surface area (Å²) in [5.41, 5.74) is 2.22. The molecule has 2 aliphatic carbocycles. The number of methoxy groups -OCH3 is 2. The maximum Gasteiger partial charge on any atom is 0.161 e. The van der Waals surface area contributed by atoms with Crippen LogP contribution in [0.25, 0.3) is 0 Å². The van der Waals surface area contributed by atoms with Crippen LogP contribution in [0.4, 0.5) is 0 Å². The molecule has 0 saturated carbocycles. The predicted molar refractivity (Wildman–Crippen MR) is 101 cm³/mol. The molecule has 2 N–H and O–H groups in total. The van der Waals surface area contributed by atoms with Crippen molar-refractivity contribution >= 4 is 21.6 Å². The lowest BCUT2D eigenvalue weighted by molar-refractivity contribution is 0.0517. The molecule has 3 atom stereocenters. The molecule has 0 spiro atoms. The number of benzene rings is 1. The summed E-state index contributed by atoms with van der Waals surface area (Å²) in [6.45, 7) is 0.920. The van der Waals surface area contributed by atoms with E-state index in [0.29, 0.717) is 29.7 Å². The zero-order chi connectivity index (χ0) is 18.6. The lowest BCUT2D eigenvalue weighted by Crippen LogP contribution is -2.60. The van der Waals surface area contributed by atoms with Crippen LogP contribution < -0.4 is 4.74 Å². The van der Waals surface area contributed by atoms with Crippen LogP contribution in [-0.2, 0) is 16.6 Å². The maximum atomic E-state index is 11.0. The Balaban J connectivity index is 2.02. The molecule has 0 unspecified atom stereocenters. The van der Waals surface area contributed by atoms with Crippen LogP contribution in [-0.4, -0.2) is 54.8 Å². The normalized spacial score (nSPS) is 31.8. The number of phenols is 1. The van der Waals surface area contributed by atoms with Gasteiger partial charge in [0, 0.05) is 33.8 Å². The van der Waals surface area contributed by atoms with Gasteiger partial charge in [-0.25, -0.2) is 0 Å². The van der Waals surface area contributed by atoms with Crippen molar-refractivity contribution in [3.63, 3.8) is 0 Å². The van der Waals surface area contributed by atoms with Gasteiger partial charge in [0.1, 0.15) is 11.5 Å². The number of likely N-dealkylation sites (N-methyl/N-ethyl adjacent to an activating group) is 1. The lowest BCUT2D eigenvalue weighted by Gasteiger charge is -2.57. The van der Waals surface area contributed by atoms with Crippen LogP contribution in [0.1, 0.15) is 24.0 Å². The molecule has 1 heterocycles. The number of hydrogen-bond acceptors (Lipinski definition) is 6. The quantitative estimate of drug-likeness (QED) is 0.565. The average Bonchev–Trinajstić information content (AvgIpc) is 2.65. The summed E-state index contributed by atoms with van der Waals surface area (Å²) in [4.78, 5) is 2.38. The molecule has 1 aliphatic heterocycles. The van der Waals surface area contributed by atoms with Gasteiger partial charge in [0.2, 0.25) is 0 Å². The first-order chi connectivity index (χ1) is 12.5. The van der Waals surface area contributed by atoms with Crippen molar-refractivity contribution in [3.05, 3.63) is 33.5 Å². The van der Waals surface area contributed by atoms with Gasteiger partial charge in [-0.2, -0.15) is 0 Å². The number of nitrogens with zero attached hydrogens (tertiary/aromatic N) is 2. The number of likely N-dealkylation sites (tertiary alicyclic amines) is 1. The topological polar surface area (TPSA) is 74.5 Å². The van der Waals surface area contributed by atoms with Gasteiger partial charge in [-0.15, -0.1) is 0 Å². The van der Waals surface area contributed by atoms with E-state index in [1.54, 1.807) is 14.2 Å². The Bertz CT molecular complexity index is 822. The van der Waals surface area contributed by atoms with Gasteiger partial charge in [0.25, 0.3) is 0 Å². The SMILES string of the molecule is COC1=C[C@H]2[C@H]3Cc4c(Br)cc(OC)c(O)c4[C@@]2(CCN3C)C/C1=N\O. The molecular weight excluding hydrogens is 400 g/mol. The van der Waals surface area contributed by atoms with E-state index < -0.39 is 0 Å². The average molecular weight is 423 g/mol. The van der Waals surface area contributed by atoms with Crippen molar-refractivity contribution < 1.29 is 19.8 Å². The van der Waals surface area contributed by atoms with E-state index in [2.05, 4.69) is 39.1 Å². The summed E-state index contributed by atoms with van der Waals surface area (Å²) in [7, 11) is 5.31. The summed E-state index contributed by atoms with van der Waals surface area (Å²) in [6, 6.07) is 2.13. The third-order valence-corrected chi connectivity index (χ3v) is 7.12. The molecule has 1 aromatic rings. The fraction of sp³-hybridized carbons (Fsp3) is 0.526. The number of piperidine rings is 1. The fourth-order valence-electron chi connectivity index (χ4n) is 5.16. The minimum atomic E-state index is -0.338. The van der Waals surface area contributed by atoms with E-state index in [-0.39, 0.29) is 17.1 Å². The summed E-state index contributed by atoms with van der Waals surface area (Å²) >= 11 is 3.68. The summed E-state index contributed by atoms with van der Waals surface area (Å²) in [6.07, 6.45) is 4.29. The lowest BCUT2D eigenvalue weighted by atomic mass is 9.53. The van der Waals surface area contributed by atoms with Gasteiger partial charge in [0.05, 0.1) is 14.2 Å². The van der Waals surface area contributed by atoms with Gasteiger partial charge >= 0.3 is 0 Å². The number of rotatable bonds is 2. The molecule has 4 rings (SSSR count). The Morgan fingerprint density at radius 2 is 2.12 bits per heavy atom. The minimum Gasteiger partial charge on any atom is -0.504 e. The highest BCUT2D eigenvalue weighted by Gasteiger charge is 2.56. The fourth-order valence-corrected chi connectivity index (χ4v) is 5.73. The van der Waals surface area contributed by atoms with Crippen molar-refractivity contribution in [2.75, 3.05) is 27.8 Å². The van der Waals surface area contributed by atoms with Crippen LogP contribution in [0.5, 0.6) is 11.5 Å². The molecule has 3 aliphatic rings. The van der Waals surface area contributed by atoms with Crippen molar-refractivity contribution in [2.24, 2.45) is 11.1 Å². The van der Waals surface area contributed by atoms with Crippen molar-refractivity contribution in [2.45, 2.75) is 30.7 Å². The molecule has 140 valence electrons. The van der Waals surface area contributed by atoms with Gasteiger partial charge in [-0.3, -0.25) is 0 Å². The third kappa shape index (κ3) is 2.23. The van der Waals surface area contributed by atoms with Gasteiger partial charge in [-0.1, -0.05) is 21.1 Å². The Morgan fingerprint density at radius 3 is 2.77 bits per heavy atom. The molecule has 6 nitrogen and oxygen atoms in total. The van der Waals surface area contributed by atoms with Crippen LogP contribution >= 0.6 is 15.9 Å².